The number of anilines is 1. The Kier molecular flexibility index (Phi) is 7.58. The zero-order valence-corrected chi connectivity index (χ0v) is 16.3. The minimum Gasteiger partial charge on any atom is -0.375 e. The Labute approximate surface area is 162 Å². The molecule has 0 atom stereocenters. The van der Waals surface area contributed by atoms with E-state index < -0.39 is 28.3 Å². The molecule has 0 radical (unpaired) electrons. The van der Waals surface area contributed by atoms with Gasteiger partial charge in [0.15, 0.2) is 0 Å². The summed E-state index contributed by atoms with van der Waals surface area (Å²) in [4.78, 5) is 12.1. The van der Waals surface area contributed by atoms with Crippen LogP contribution in [0, 0.1) is 5.82 Å². The van der Waals surface area contributed by atoms with Crippen LogP contribution in [0.3, 0.4) is 0 Å². The van der Waals surface area contributed by atoms with Crippen molar-refractivity contribution in [2.75, 3.05) is 30.3 Å². The maximum absolute atomic E-state index is 13.3. The molecule has 0 aliphatic heterocycles. The van der Waals surface area contributed by atoms with Gasteiger partial charge in [-0.05, 0) is 23.8 Å². The summed E-state index contributed by atoms with van der Waals surface area (Å²) in [5.74, 6) is -1.18. The van der Waals surface area contributed by atoms with Gasteiger partial charge in [-0.2, -0.15) is 0 Å². The summed E-state index contributed by atoms with van der Waals surface area (Å²) in [5.41, 5.74) is 1.12. The highest BCUT2D eigenvalue weighted by molar-refractivity contribution is 7.92. The van der Waals surface area contributed by atoms with Crippen LogP contribution in [0.1, 0.15) is 5.56 Å². The molecule has 0 saturated heterocycles. The summed E-state index contributed by atoms with van der Waals surface area (Å²) in [6, 6.07) is 13.0. The van der Waals surface area contributed by atoms with Crippen LogP contribution in [0.2, 0.25) is 5.02 Å². The minimum absolute atomic E-state index is 0.111. The van der Waals surface area contributed by atoms with Gasteiger partial charge in [0.1, 0.15) is 12.4 Å². The maximum atomic E-state index is 13.3. The van der Waals surface area contributed by atoms with Gasteiger partial charge < -0.3 is 10.1 Å². The second-order valence-corrected chi connectivity index (χ2v) is 8.07. The Morgan fingerprint density at radius 2 is 1.93 bits per heavy atom. The molecule has 0 unspecified atom stereocenters. The number of rotatable bonds is 9. The van der Waals surface area contributed by atoms with Gasteiger partial charge in [-0.3, -0.25) is 9.10 Å². The van der Waals surface area contributed by atoms with Crippen molar-refractivity contribution < 1.29 is 22.3 Å². The molecule has 6 nitrogen and oxygen atoms in total. The van der Waals surface area contributed by atoms with Crippen LogP contribution in [0.4, 0.5) is 10.1 Å². The molecular weight excluding hydrogens is 395 g/mol. The fraction of sp³-hybridized carbons (Fsp3) is 0.278. The third-order valence-corrected chi connectivity index (χ3v) is 4.99. The second kappa shape index (κ2) is 9.68. The zero-order chi connectivity index (χ0) is 19.9. The number of carbonyl (C=O) groups is 1. The number of amides is 1. The normalized spacial score (nSPS) is 11.2. The molecule has 2 aromatic rings. The number of hydrogen-bond donors (Lipinski definition) is 1. The number of hydrogen-bond acceptors (Lipinski definition) is 4. The molecule has 0 aromatic heterocycles. The van der Waals surface area contributed by atoms with Gasteiger partial charge >= 0.3 is 0 Å². The molecule has 1 N–H and O–H groups in total. The number of sulfonamides is 1. The van der Waals surface area contributed by atoms with Crippen LogP contribution >= 0.6 is 11.6 Å². The van der Waals surface area contributed by atoms with Crippen molar-refractivity contribution in [3.63, 3.8) is 0 Å². The monoisotopic (exact) mass is 414 g/mol. The third kappa shape index (κ3) is 6.82. The SMILES string of the molecule is CS(=O)(=O)N(CC(=O)NCCOCc1ccccc1)c1ccc(F)c(Cl)c1. The van der Waals surface area contributed by atoms with E-state index in [0.29, 0.717) is 6.61 Å². The predicted molar refractivity (Wildman–Crippen MR) is 103 cm³/mol. The van der Waals surface area contributed by atoms with Gasteiger partial charge in [0.25, 0.3) is 0 Å². The van der Waals surface area contributed by atoms with E-state index >= 15 is 0 Å². The molecule has 9 heteroatoms. The van der Waals surface area contributed by atoms with E-state index in [4.69, 9.17) is 16.3 Å². The summed E-state index contributed by atoms with van der Waals surface area (Å²) >= 11 is 5.70. The van der Waals surface area contributed by atoms with Crippen molar-refractivity contribution in [3.05, 3.63) is 64.9 Å². The molecule has 0 spiro atoms. The van der Waals surface area contributed by atoms with Crippen LogP contribution in [0.5, 0.6) is 0 Å². The number of ether oxygens (including phenoxy) is 1. The fourth-order valence-electron chi connectivity index (χ4n) is 2.25. The Balaban J connectivity index is 1.86. The van der Waals surface area contributed by atoms with Gasteiger partial charge in [0, 0.05) is 6.54 Å². The first-order valence-electron chi connectivity index (χ1n) is 8.08. The lowest BCUT2D eigenvalue weighted by Gasteiger charge is -2.22. The Morgan fingerprint density at radius 3 is 2.56 bits per heavy atom. The number of nitrogens with zero attached hydrogens (tertiary/aromatic N) is 1. The molecular formula is C18H20ClFN2O4S. The highest BCUT2D eigenvalue weighted by Gasteiger charge is 2.21. The number of nitrogens with one attached hydrogen (secondary N) is 1. The number of benzene rings is 2. The highest BCUT2D eigenvalue weighted by Crippen LogP contribution is 2.24. The third-order valence-electron chi connectivity index (χ3n) is 3.56. The smallest absolute Gasteiger partial charge is 0.240 e. The van der Waals surface area contributed by atoms with Crippen LogP contribution in [-0.4, -0.2) is 40.3 Å². The Morgan fingerprint density at radius 1 is 1.22 bits per heavy atom. The fourth-order valence-corrected chi connectivity index (χ4v) is 3.28. The van der Waals surface area contributed by atoms with Crippen molar-refractivity contribution >= 4 is 33.2 Å². The topological polar surface area (TPSA) is 75.7 Å². The summed E-state index contributed by atoms with van der Waals surface area (Å²) in [7, 11) is -3.75. The van der Waals surface area contributed by atoms with Crippen LogP contribution in [-0.2, 0) is 26.2 Å². The van der Waals surface area contributed by atoms with Crippen molar-refractivity contribution in [1.82, 2.24) is 5.32 Å². The van der Waals surface area contributed by atoms with E-state index in [2.05, 4.69) is 5.32 Å². The number of carbonyl (C=O) groups excluding carboxylic acids is 1. The van der Waals surface area contributed by atoms with Crippen LogP contribution < -0.4 is 9.62 Å². The second-order valence-electron chi connectivity index (χ2n) is 5.76. The lowest BCUT2D eigenvalue weighted by molar-refractivity contribution is -0.119. The van der Waals surface area contributed by atoms with E-state index in [1.807, 2.05) is 30.3 Å². The summed E-state index contributed by atoms with van der Waals surface area (Å²) in [6.07, 6.45) is 0.959. The first-order chi connectivity index (χ1) is 12.8. The van der Waals surface area contributed by atoms with E-state index in [-0.39, 0.29) is 23.9 Å². The molecule has 0 heterocycles. The van der Waals surface area contributed by atoms with Crippen LogP contribution in [0.15, 0.2) is 48.5 Å². The highest BCUT2D eigenvalue weighted by atomic mass is 35.5. The number of halogens is 2. The first-order valence-corrected chi connectivity index (χ1v) is 10.3. The largest absolute Gasteiger partial charge is 0.375 e. The van der Waals surface area contributed by atoms with Gasteiger partial charge in [0.2, 0.25) is 15.9 Å². The van der Waals surface area contributed by atoms with E-state index in [9.17, 15) is 17.6 Å². The Hall–Kier alpha value is -2.16. The van der Waals surface area contributed by atoms with E-state index in [1.165, 1.54) is 6.07 Å². The van der Waals surface area contributed by atoms with Crippen molar-refractivity contribution in [2.45, 2.75) is 6.61 Å². The van der Waals surface area contributed by atoms with Gasteiger partial charge in [0.05, 0.1) is 30.2 Å². The lowest BCUT2D eigenvalue weighted by atomic mass is 10.2. The molecule has 0 saturated carbocycles. The standard InChI is InChI=1S/C18H20ClFN2O4S/c1-27(24,25)22(15-7-8-17(20)16(19)11-15)12-18(23)21-9-10-26-13-14-5-3-2-4-6-14/h2-8,11H,9-10,12-13H2,1H3,(H,21,23). The van der Waals surface area contributed by atoms with Gasteiger partial charge in [-0.25, -0.2) is 12.8 Å². The molecule has 2 rings (SSSR count). The molecule has 0 bridgehead atoms. The predicted octanol–water partition coefficient (Wildman–Crippen LogP) is 2.58. The van der Waals surface area contributed by atoms with Gasteiger partial charge in [-0.15, -0.1) is 0 Å². The summed E-state index contributed by atoms with van der Waals surface area (Å²) in [5, 5.41) is 2.36. The molecule has 0 fully saturated rings. The summed E-state index contributed by atoms with van der Waals surface area (Å²) < 4.78 is 43.6. The molecule has 146 valence electrons. The van der Waals surface area contributed by atoms with E-state index in [0.717, 1.165) is 28.3 Å². The average molecular weight is 415 g/mol. The Bertz CT molecular complexity index is 878. The van der Waals surface area contributed by atoms with Crippen molar-refractivity contribution in [3.8, 4) is 0 Å². The zero-order valence-electron chi connectivity index (χ0n) is 14.7. The lowest BCUT2D eigenvalue weighted by Crippen LogP contribution is -2.41. The molecule has 2 aromatic carbocycles. The van der Waals surface area contributed by atoms with Crippen molar-refractivity contribution in [2.24, 2.45) is 0 Å². The average Bonchev–Trinajstić information content (AvgIpc) is 2.62. The molecule has 0 aliphatic rings. The maximum Gasteiger partial charge on any atom is 0.240 e. The molecule has 27 heavy (non-hydrogen) atoms. The first kappa shape index (κ1) is 21.1. The van der Waals surface area contributed by atoms with Crippen LogP contribution in [0.25, 0.3) is 0 Å². The van der Waals surface area contributed by atoms with Crippen molar-refractivity contribution in [1.29, 1.82) is 0 Å². The molecule has 0 aliphatic carbocycles. The van der Waals surface area contributed by atoms with Gasteiger partial charge in [-0.1, -0.05) is 41.9 Å². The quantitative estimate of drug-likeness (QED) is 0.640. The van der Waals surface area contributed by atoms with E-state index in [1.54, 1.807) is 0 Å². The molecule has 1 amide bonds. The minimum atomic E-state index is -3.75. The summed E-state index contributed by atoms with van der Waals surface area (Å²) in [6.45, 7) is 0.481.